The number of aryl methyl sites for hydroxylation is 1. The fraction of sp³-hybridized carbons (Fsp3) is 0.471. The molecule has 0 unspecified atom stereocenters. The summed E-state index contributed by atoms with van der Waals surface area (Å²) in [5.41, 5.74) is 6.97. The van der Waals surface area contributed by atoms with E-state index in [0.29, 0.717) is 5.41 Å². The van der Waals surface area contributed by atoms with Gasteiger partial charge in [-0.25, -0.2) is 4.79 Å². The second kappa shape index (κ2) is 4.84. The maximum Gasteiger partial charge on any atom is 0.330 e. The molecule has 0 fully saturated rings. The van der Waals surface area contributed by atoms with Crippen LogP contribution in [0.4, 0.5) is 0 Å². The monoisotopic (exact) mass is 258 g/mol. The maximum absolute atomic E-state index is 11.2. The van der Waals surface area contributed by atoms with Crippen LogP contribution in [0.25, 0.3) is 6.08 Å². The average molecular weight is 258 g/mol. The summed E-state index contributed by atoms with van der Waals surface area (Å²) in [6.45, 7) is 8.89. The zero-order valence-corrected chi connectivity index (χ0v) is 12.5. The summed E-state index contributed by atoms with van der Waals surface area (Å²) in [7, 11) is 1.40. The smallest absolute Gasteiger partial charge is 0.330 e. The van der Waals surface area contributed by atoms with Crippen LogP contribution in [-0.4, -0.2) is 13.1 Å². The van der Waals surface area contributed by atoms with Crippen LogP contribution < -0.4 is 0 Å². The number of methoxy groups -OCH3 is 1. The molecule has 1 aliphatic rings. The molecule has 0 aliphatic heterocycles. The molecule has 1 aliphatic carbocycles. The van der Waals surface area contributed by atoms with Crippen molar-refractivity contribution in [1.82, 2.24) is 0 Å². The summed E-state index contributed by atoms with van der Waals surface area (Å²) in [5, 5.41) is 0. The number of ether oxygens (including phenoxy) is 1. The van der Waals surface area contributed by atoms with Gasteiger partial charge in [0.25, 0.3) is 0 Å². The molecule has 1 aromatic carbocycles. The molecule has 0 bridgehead atoms. The van der Waals surface area contributed by atoms with Gasteiger partial charge in [0, 0.05) is 6.08 Å². The number of rotatable bonds is 2. The lowest BCUT2D eigenvalue weighted by Gasteiger charge is -2.15. The number of esters is 1. The molecule has 19 heavy (non-hydrogen) atoms. The molecule has 2 rings (SSSR count). The van der Waals surface area contributed by atoms with Crippen LogP contribution in [0.15, 0.2) is 12.1 Å². The first-order valence-corrected chi connectivity index (χ1v) is 6.72. The number of carbonyl (C=O) groups is 1. The highest BCUT2D eigenvalue weighted by atomic mass is 16.5. The molecular formula is C17H22O2. The third kappa shape index (κ3) is 2.73. The van der Waals surface area contributed by atoms with Crippen LogP contribution in [-0.2, 0) is 22.4 Å². The van der Waals surface area contributed by atoms with Crippen LogP contribution >= 0.6 is 0 Å². The van der Waals surface area contributed by atoms with Crippen LogP contribution in [0, 0.1) is 19.3 Å². The van der Waals surface area contributed by atoms with E-state index in [1.54, 1.807) is 0 Å². The predicted molar refractivity (Wildman–Crippen MR) is 78.2 cm³/mol. The summed E-state index contributed by atoms with van der Waals surface area (Å²) in [4.78, 5) is 11.2. The highest BCUT2D eigenvalue weighted by Gasteiger charge is 2.30. The number of hydrogen-bond acceptors (Lipinski definition) is 2. The quantitative estimate of drug-likeness (QED) is 0.598. The fourth-order valence-electron chi connectivity index (χ4n) is 3.06. The minimum atomic E-state index is -0.306. The van der Waals surface area contributed by atoms with Crippen molar-refractivity contribution in [1.29, 1.82) is 0 Å². The largest absolute Gasteiger partial charge is 0.466 e. The lowest BCUT2D eigenvalue weighted by molar-refractivity contribution is -0.134. The Hall–Kier alpha value is -1.57. The van der Waals surface area contributed by atoms with Crippen molar-refractivity contribution < 1.29 is 9.53 Å². The minimum Gasteiger partial charge on any atom is -0.466 e. The van der Waals surface area contributed by atoms with Gasteiger partial charge in [-0.1, -0.05) is 19.9 Å². The van der Waals surface area contributed by atoms with Crippen molar-refractivity contribution in [2.24, 2.45) is 5.41 Å². The van der Waals surface area contributed by atoms with Gasteiger partial charge in [0.1, 0.15) is 0 Å². The zero-order chi connectivity index (χ0) is 14.2. The lowest BCUT2D eigenvalue weighted by atomic mass is 9.90. The van der Waals surface area contributed by atoms with E-state index in [1.807, 2.05) is 6.08 Å². The Morgan fingerprint density at radius 3 is 2.63 bits per heavy atom. The fourth-order valence-corrected chi connectivity index (χ4v) is 3.06. The van der Waals surface area contributed by atoms with Gasteiger partial charge >= 0.3 is 5.97 Å². The Kier molecular flexibility index (Phi) is 3.53. The Labute approximate surface area is 115 Å². The van der Waals surface area contributed by atoms with Crippen molar-refractivity contribution in [3.63, 3.8) is 0 Å². The van der Waals surface area contributed by atoms with E-state index in [2.05, 4.69) is 38.5 Å². The van der Waals surface area contributed by atoms with E-state index in [0.717, 1.165) is 18.4 Å². The number of fused-ring (bicyclic) bond motifs is 1. The summed E-state index contributed by atoms with van der Waals surface area (Å²) in [5.74, 6) is -0.306. The molecule has 0 amide bonds. The Morgan fingerprint density at radius 1 is 1.32 bits per heavy atom. The third-order valence-corrected chi connectivity index (χ3v) is 3.97. The summed E-state index contributed by atoms with van der Waals surface area (Å²) in [6.07, 6.45) is 5.64. The van der Waals surface area contributed by atoms with Crippen molar-refractivity contribution in [2.75, 3.05) is 7.11 Å². The van der Waals surface area contributed by atoms with Gasteiger partial charge in [-0.3, -0.25) is 0 Å². The minimum absolute atomic E-state index is 0.306. The average Bonchev–Trinajstić information content (AvgIpc) is 2.63. The zero-order valence-electron chi connectivity index (χ0n) is 12.5. The Morgan fingerprint density at radius 2 is 2.00 bits per heavy atom. The molecular weight excluding hydrogens is 236 g/mol. The van der Waals surface area contributed by atoms with Crippen molar-refractivity contribution in [3.05, 3.63) is 40.0 Å². The van der Waals surface area contributed by atoms with Gasteiger partial charge in [0.05, 0.1) is 7.11 Å². The van der Waals surface area contributed by atoms with Crippen LogP contribution in [0.2, 0.25) is 0 Å². The van der Waals surface area contributed by atoms with Gasteiger partial charge in [0.2, 0.25) is 0 Å². The van der Waals surface area contributed by atoms with E-state index in [4.69, 9.17) is 0 Å². The van der Waals surface area contributed by atoms with E-state index in [1.165, 1.54) is 35.4 Å². The Bertz CT molecular complexity index is 551. The molecule has 0 saturated heterocycles. The maximum atomic E-state index is 11.2. The molecule has 0 atom stereocenters. The van der Waals surface area contributed by atoms with Crippen LogP contribution in [0.5, 0.6) is 0 Å². The molecule has 0 spiro atoms. The van der Waals surface area contributed by atoms with Gasteiger partial charge < -0.3 is 4.74 Å². The summed E-state index contributed by atoms with van der Waals surface area (Å²) < 4.78 is 4.65. The van der Waals surface area contributed by atoms with E-state index >= 15 is 0 Å². The molecule has 102 valence electrons. The highest BCUT2D eigenvalue weighted by molar-refractivity contribution is 5.87. The predicted octanol–water partition coefficient (Wildman–Crippen LogP) is 3.61. The van der Waals surface area contributed by atoms with Gasteiger partial charge in [-0.05, 0) is 66.0 Å². The van der Waals surface area contributed by atoms with Gasteiger partial charge in [-0.15, -0.1) is 0 Å². The third-order valence-electron chi connectivity index (χ3n) is 3.97. The molecule has 0 aromatic heterocycles. The summed E-state index contributed by atoms with van der Waals surface area (Å²) in [6, 6.07) is 2.27. The SMILES string of the molecule is COC(=O)/C=C/c1c(C)cc2c(c1C)CC(C)(C)C2. The van der Waals surface area contributed by atoms with Crippen molar-refractivity contribution >= 4 is 12.0 Å². The summed E-state index contributed by atoms with van der Waals surface area (Å²) >= 11 is 0. The molecule has 2 nitrogen and oxygen atoms in total. The van der Waals surface area contributed by atoms with Crippen LogP contribution in [0.3, 0.4) is 0 Å². The molecule has 1 aromatic rings. The Balaban J connectivity index is 2.43. The first-order valence-electron chi connectivity index (χ1n) is 6.72. The molecule has 0 saturated carbocycles. The first kappa shape index (κ1) is 13.9. The second-order valence-corrected chi connectivity index (χ2v) is 6.24. The van der Waals surface area contributed by atoms with Crippen LogP contribution in [0.1, 0.15) is 41.7 Å². The van der Waals surface area contributed by atoms with Crippen molar-refractivity contribution in [3.8, 4) is 0 Å². The molecule has 0 radical (unpaired) electrons. The second-order valence-electron chi connectivity index (χ2n) is 6.24. The highest BCUT2D eigenvalue weighted by Crippen LogP contribution is 2.39. The normalized spacial score (nSPS) is 16.7. The van der Waals surface area contributed by atoms with Crippen molar-refractivity contribution in [2.45, 2.75) is 40.5 Å². The number of benzene rings is 1. The van der Waals surface area contributed by atoms with Gasteiger partial charge in [0.15, 0.2) is 0 Å². The molecule has 2 heteroatoms. The lowest BCUT2D eigenvalue weighted by Crippen LogP contribution is -2.09. The van der Waals surface area contributed by atoms with E-state index < -0.39 is 0 Å². The molecule has 0 heterocycles. The van der Waals surface area contributed by atoms with Gasteiger partial charge in [-0.2, -0.15) is 0 Å². The van der Waals surface area contributed by atoms with E-state index in [9.17, 15) is 4.79 Å². The molecule has 0 N–H and O–H groups in total. The standard InChI is InChI=1S/C17H22O2/c1-11-8-13-9-17(3,4)10-15(13)12(2)14(11)6-7-16(18)19-5/h6-8H,9-10H2,1-5H3/b7-6+. The topological polar surface area (TPSA) is 26.3 Å². The number of hydrogen-bond donors (Lipinski definition) is 0. The van der Waals surface area contributed by atoms with E-state index in [-0.39, 0.29) is 5.97 Å². The number of carbonyl (C=O) groups excluding carboxylic acids is 1. The first-order chi connectivity index (χ1) is 8.84.